The standard InChI is InChI=1S/C20H28N4O3S/c1-2-22-12-4-6-13(7-5-12)27-19-17-16-11(9-14(25)18(21)26)3-8-15(16)28-20(17)24-10-23-19/h10-14,22,25H,2-9H2,1H3,(H2,21,26)/t11-,12-,13-,14+/m1/s1. The van der Waals surface area contributed by atoms with E-state index in [2.05, 4.69) is 22.2 Å². The van der Waals surface area contributed by atoms with Crippen molar-refractivity contribution in [2.45, 2.75) is 76.0 Å². The van der Waals surface area contributed by atoms with Gasteiger partial charge in [-0.2, -0.15) is 0 Å². The van der Waals surface area contributed by atoms with Crippen LogP contribution in [0.25, 0.3) is 10.2 Å². The fourth-order valence-corrected chi connectivity index (χ4v) is 5.81. The Morgan fingerprint density at radius 2 is 2.14 bits per heavy atom. The molecule has 0 spiro atoms. The van der Waals surface area contributed by atoms with Gasteiger partial charge in [-0.05, 0) is 63.0 Å². The highest BCUT2D eigenvalue weighted by atomic mass is 32.1. The summed E-state index contributed by atoms with van der Waals surface area (Å²) in [5, 5.41) is 14.5. The van der Waals surface area contributed by atoms with E-state index in [0.29, 0.717) is 18.3 Å². The molecule has 1 amide bonds. The van der Waals surface area contributed by atoms with Gasteiger partial charge in [-0.15, -0.1) is 11.3 Å². The third-order valence-electron chi connectivity index (χ3n) is 5.98. The van der Waals surface area contributed by atoms with Crippen molar-refractivity contribution in [3.05, 3.63) is 16.8 Å². The molecule has 0 radical (unpaired) electrons. The lowest BCUT2D eigenvalue weighted by Crippen LogP contribution is -2.36. The highest BCUT2D eigenvalue weighted by Crippen LogP contribution is 2.47. The number of hydrogen-bond acceptors (Lipinski definition) is 7. The van der Waals surface area contributed by atoms with Gasteiger partial charge in [0.1, 0.15) is 23.4 Å². The fourth-order valence-electron chi connectivity index (χ4n) is 4.58. The third-order valence-corrected chi connectivity index (χ3v) is 7.15. The molecule has 2 aliphatic rings. The summed E-state index contributed by atoms with van der Waals surface area (Å²) in [7, 11) is 0. The molecule has 2 aliphatic carbocycles. The number of carbonyl (C=O) groups excluding carboxylic acids is 1. The molecular weight excluding hydrogens is 376 g/mol. The molecule has 2 heterocycles. The number of carbonyl (C=O) groups is 1. The molecule has 0 saturated heterocycles. The predicted molar refractivity (Wildman–Crippen MR) is 109 cm³/mol. The summed E-state index contributed by atoms with van der Waals surface area (Å²) in [5.74, 6) is 0.0668. The van der Waals surface area contributed by atoms with Crippen LogP contribution in [0, 0.1) is 0 Å². The Hall–Kier alpha value is -1.77. The van der Waals surface area contributed by atoms with Crippen molar-refractivity contribution in [2.24, 2.45) is 5.73 Å². The van der Waals surface area contributed by atoms with E-state index in [1.165, 1.54) is 4.88 Å². The van der Waals surface area contributed by atoms with Crippen LogP contribution >= 0.6 is 11.3 Å². The molecule has 7 nitrogen and oxygen atoms in total. The van der Waals surface area contributed by atoms with E-state index < -0.39 is 12.0 Å². The van der Waals surface area contributed by atoms with Crippen LogP contribution in [0.3, 0.4) is 0 Å². The van der Waals surface area contributed by atoms with Gasteiger partial charge in [0.25, 0.3) is 0 Å². The van der Waals surface area contributed by atoms with Crippen LogP contribution in [0.2, 0.25) is 0 Å². The second-order valence-corrected chi connectivity index (χ2v) is 8.92. The Labute approximate surface area is 168 Å². The average Bonchev–Trinajstić information content (AvgIpc) is 3.23. The summed E-state index contributed by atoms with van der Waals surface area (Å²) in [5.41, 5.74) is 6.42. The lowest BCUT2D eigenvalue weighted by Gasteiger charge is -2.29. The van der Waals surface area contributed by atoms with E-state index in [0.717, 1.165) is 60.8 Å². The number of aliphatic hydroxyl groups is 1. The molecule has 1 saturated carbocycles. The number of aliphatic hydroxyl groups excluding tert-OH is 1. The molecule has 2 aromatic rings. The highest BCUT2D eigenvalue weighted by molar-refractivity contribution is 7.19. The highest BCUT2D eigenvalue weighted by Gasteiger charge is 2.33. The molecule has 1 fully saturated rings. The van der Waals surface area contributed by atoms with Crippen LogP contribution in [0.4, 0.5) is 0 Å². The first-order valence-electron chi connectivity index (χ1n) is 10.2. The molecule has 0 unspecified atom stereocenters. The lowest BCUT2D eigenvalue weighted by molar-refractivity contribution is -0.126. The van der Waals surface area contributed by atoms with Crippen LogP contribution in [-0.4, -0.2) is 45.8 Å². The minimum absolute atomic E-state index is 0.0871. The number of nitrogens with zero attached hydrogens (tertiary/aromatic N) is 2. The number of ether oxygens (including phenoxy) is 1. The molecule has 2 aromatic heterocycles. The van der Waals surface area contributed by atoms with E-state index in [1.807, 2.05) is 0 Å². The number of fused-ring (bicyclic) bond motifs is 3. The van der Waals surface area contributed by atoms with Crippen molar-refractivity contribution in [3.63, 3.8) is 0 Å². The smallest absolute Gasteiger partial charge is 0.246 e. The van der Waals surface area contributed by atoms with Crippen molar-refractivity contribution in [2.75, 3.05) is 6.54 Å². The molecule has 0 aromatic carbocycles. The van der Waals surface area contributed by atoms with Gasteiger partial charge >= 0.3 is 0 Å². The van der Waals surface area contributed by atoms with Crippen LogP contribution in [-0.2, 0) is 11.2 Å². The Balaban J connectivity index is 1.56. The zero-order chi connectivity index (χ0) is 19.7. The van der Waals surface area contributed by atoms with E-state index in [9.17, 15) is 9.90 Å². The van der Waals surface area contributed by atoms with E-state index in [1.54, 1.807) is 17.7 Å². The van der Waals surface area contributed by atoms with Gasteiger partial charge in [-0.25, -0.2) is 9.97 Å². The summed E-state index contributed by atoms with van der Waals surface area (Å²) in [6, 6.07) is 0.584. The zero-order valence-corrected chi connectivity index (χ0v) is 17.0. The monoisotopic (exact) mass is 404 g/mol. The molecule has 0 aliphatic heterocycles. The Kier molecular flexibility index (Phi) is 5.80. The number of nitrogens with one attached hydrogen (secondary N) is 1. The molecule has 152 valence electrons. The summed E-state index contributed by atoms with van der Waals surface area (Å²) in [6.45, 7) is 3.14. The number of primary amides is 1. The zero-order valence-electron chi connectivity index (χ0n) is 16.2. The Morgan fingerprint density at radius 1 is 1.36 bits per heavy atom. The first-order valence-corrected chi connectivity index (χ1v) is 11.0. The first-order chi connectivity index (χ1) is 13.6. The van der Waals surface area contributed by atoms with Crippen molar-refractivity contribution >= 4 is 27.5 Å². The minimum atomic E-state index is -1.12. The van der Waals surface area contributed by atoms with Crippen LogP contribution < -0.4 is 15.8 Å². The van der Waals surface area contributed by atoms with Gasteiger partial charge in [0.2, 0.25) is 11.8 Å². The van der Waals surface area contributed by atoms with Crippen LogP contribution in [0.15, 0.2) is 6.33 Å². The second kappa shape index (κ2) is 8.31. The second-order valence-electron chi connectivity index (χ2n) is 7.84. The SMILES string of the molecule is CCN[C@H]1CC[C@H](Oc2ncnc3sc4c(c23)[C@@H](C[C@H](O)C(N)=O)CC4)CC1. The van der Waals surface area contributed by atoms with Crippen molar-refractivity contribution in [1.29, 1.82) is 0 Å². The van der Waals surface area contributed by atoms with Gasteiger partial charge < -0.3 is 20.9 Å². The number of rotatable bonds is 7. The average molecular weight is 405 g/mol. The van der Waals surface area contributed by atoms with E-state index >= 15 is 0 Å². The first kappa shape index (κ1) is 19.5. The molecule has 4 N–H and O–H groups in total. The summed E-state index contributed by atoms with van der Waals surface area (Å²) < 4.78 is 6.35. The normalized spacial score (nSPS) is 25.6. The van der Waals surface area contributed by atoms with Crippen molar-refractivity contribution in [1.82, 2.24) is 15.3 Å². The number of aryl methyl sites for hydroxylation is 1. The number of thiophene rings is 1. The quantitative estimate of drug-likeness (QED) is 0.653. The topological polar surface area (TPSA) is 110 Å². The lowest BCUT2D eigenvalue weighted by atomic mass is 9.92. The maximum atomic E-state index is 11.3. The van der Waals surface area contributed by atoms with Gasteiger partial charge in [0, 0.05) is 10.9 Å². The van der Waals surface area contributed by atoms with Crippen molar-refractivity contribution < 1.29 is 14.6 Å². The molecule has 28 heavy (non-hydrogen) atoms. The van der Waals surface area contributed by atoms with Crippen LogP contribution in [0.1, 0.15) is 61.8 Å². The Morgan fingerprint density at radius 3 is 2.86 bits per heavy atom. The molecule has 8 heteroatoms. The van der Waals surface area contributed by atoms with Gasteiger partial charge in [-0.1, -0.05) is 6.92 Å². The molecular formula is C20H28N4O3S. The van der Waals surface area contributed by atoms with Crippen molar-refractivity contribution in [3.8, 4) is 5.88 Å². The number of nitrogens with two attached hydrogens (primary N) is 1. The Bertz CT molecular complexity index is 847. The van der Waals surface area contributed by atoms with Gasteiger partial charge in [-0.3, -0.25) is 4.79 Å². The van der Waals surface area contributed by atoms with Crippen LogP contribution in [0.5, 0.6) is 5.88 Å². The van der Waals surface area contributed by atoms with E-state index in [4.69, 9.17) is 10.5 Å². The predicted octanol–water partition coefficient (Wildman–Crippen LogP) is 2.26. The summed E-state index contributed by atoms with van der Waals surface area (Å²) >= 11 is 1.67. The number of hydrogen-bond donors (Lipinski definition) is 3. The molecule has 4 rings (SSSR count). The number of amides is 1. The number of aromatic nitrogens is 2. The minimum Gasteiger partial charge on any atom is -0.474 e. The fraction of sp³-hybridized carbons (Fsp3) is 0.650. The van der Waals surface area contributed by atoms with Gasteiger partial charge in [0.15, 0.2) is 0 Å². The maximum absolute atomic E-state index is 11.3. The van der Waals surface area contributed by atoms with Gasteiger partial charge in [0.05, 0.1) is 5.39 Å². The summed E-state index contributed by atoms with van der Waals surface area (Å²) in [6.07, 6.45) is 7.05. The molecule has 2 atom stereocenters. The largest absolute Gasteiger partial charge is 0.474 e. The van der Waals surface area contributed by atoms with E-state index in [-0.39, 0.29) is 12.0 Å². The molecule has 0 bridgehead atoms. The summed E-state index contributed by atoms with van der Waals surface area (Å²) in [4.78, 5) is 22.4. The third kappa shape index (κ3) is 3.86. The maximum Gasteiger partial charge on any atom is 0.246 e.